The third kappa shape index (κ3) is 27.4. The van der Waals surface area contributed by atoms with Crippen LogP contribution in [0, 0.1) is 125 Å². The number of hydrogen-bond acceptors (Lipinski definition) is 10. The molecule has 0 unspecified atom stereocenters. The van der Waals surface area contributed by atoms with E-state index in [2.05, 4.69) is 210 Å². The second kappa shape index (κ2) is 44.9. The minimum Gasteiger partial charge on any atom is 0 e. The molecule has 0 saturated heterocycles. The summed E-state index contributed by atoms with van der Waals surface area (Å²) >= 11 is -0.556. The van der Waals surface area contributed by atoms with Gasteiger partial charge in [0, 0.05) is 74.1 Å². The summed E-state index contributed by atoms with van der Waals surface area (Å²) in [5.41, 5.74) is 39.4. The van der Waals surface area contributed by atoms with Crippen molar-refractivity contribution < 1.29 is 92.8 Å². The molecule has 0 saturated carbocycles. The van der Waals surface area contributed by atoms with E-state index in [1.165, 1.54) is 174 Å². The maximum absolute atomic E-state index is 11.2. The van der Waals surface area contributed by atoms with Crippen LogP contribution >= 0.6 is 37.7 Å². The van der Waals surface area contributed by atoms with Crippen molar-refractivity contribution >= 4 is 154 Å². The first kappa shape index (κ1) is 98.6. The normalized spacial score (nSPS) is 11.3. The van der Waals surface area contributed by atoms with Crippen molar-refractivity contribution in [3.63, 3.8) is 0 Å². The van der Waals surface area contributed by atoms with Gasteiger partial charge in [-0.2, -0.15) is 0 Å². The van der Waals surface area contributed by atoms with E-state index in [9.17, 15) is 20.4 Å². The van der Waals surface area contributed by atoms with Crippen molar-refractivity contribution in [3.8, 4) is 89.8 Å². The number of benzene rings is 12. The van der Waals surface area contributed by atoms with Gasteiger partial charge in [0.25, 0.3) is 0 Å². The van der Waals surface area contributed by atoms with E-state index in [0.717, 1.165) is 62.6 Å². The molecule has 115 heavy (non-hydrogen) atoms. The predicted molar refractivity (Wildman–Crippen MR) is 478 cm³/mol. The number of nitrogens with zero attached hydrogens (tertiary/aromatic N) is 4. The summed E-state index contributed by atoms with van der Waals surface area (Å²) < 4.78 is 0. The van der Waals surface area contributed by atoms with Gasteiger partial charge < -0.3 is 30.3 Å². The van der Waals surface area contributed by atoms with Gasteiger partial charge in [-0.25, -0.2) is 0 Å². The van der Waals surface area contributed by atoms with Crippen LogP contribution in [-0.4, -0.2) is 114 Å². The summed E-state index contributed by atoms with van der Waals surface area (Å²) in [6, 6.07) is 61.3. The first-order valence-corrected chi connectivity index (χ1v) is 64.5. The number of phenols is 4. The number of aliphatic carboxylic acids is 1. The van der Waals surface area contributed by atoms with Crippen molar-refractivity contribution in [2.24, 2.45) is 20.0 Å². The zero-order valence-corrected chi connectivity index (χ0v) is 85.5. The molecule has 12 aromatic carbocycles. The van der Waals surface area contributed by atoms with Crippen LogP contribution in [0.5, 0.6) is 23.0 Å². The molecule has 0 aliphatic heterocycles. The molecule has 0 aliphatic carbocycles. The van der Waals surface area contributed by atoms with Crippen molar-refractivity contribution in [1.82, 2.24) is 0 Å². The van der Waals surface area contributed by atoms with Gasteiger partial charge in [0.1, 0.15) is 23.0 Å². The summed E-state index contributed by atoms with van der Waals surface area (Å²) in [5, 5.41) is 53.4. The van der Waals surface area contributed by atoms with E-state index in [4.69, 9.17) is 67.5 Å². The Labute approximate surface area is 780 Å². The third-order valence-electron chi connectivity index (χ3n) is 19.2. The van der Waals surface area contributed by atoms with Crippen LogP contribution in [0.2, 0.25) is 0 Å². The molecule has 0 atom stereocenters. The molecule has 0 amide bonds. The topological polar surface area (TPSA) is 170 Å². The van der Waals surface area contributed by atoms with Crippen LogP contribution < -0.4 is 34.7 Å². The van der Waals surface area contributed by atoms with Crippen molar-refractivity contribution in [1.29, 1.82) is 0 Å². The molecular weight excluding hydrogens is 1940 g/mol. The minimum atomic E-state index is -3.06. The summed E-state index contributed by atoms with van der Waals surface area (Å²) in [6.45, 7) is 39.0. The van der Waals surface area contributed by atoms with Crippen molar-refractivity contribution in [2.45, 2.75) is 132 Å². The number of phenolic OH excluding ortho intramolecular Hbond substituents is 4. The zero-order chi connectivity index (χ0) is 83.2. The molecule has 12 aromatic rings. The standard InChI is InChI=1S/2C47H46N2O2.C2H4O2.4ClH.2K.Na.2Pt/c2*1-27-16-30(4)45(31(5)17-27)36-14-15-41(48-25-39-12-10-37(23-43(39)50)46-32(6)18-28(2)19-33(46)7)42(22-36)49-26-40-13-11-38(24-44(40)51)47-34(8)20-29(3)21-35(47)9;1-2(3)4;;;;;;;;;/h2*10-26,50-51H,1-9H3;1H3,(H,3,4);4*1H;;;;;/q;;;;;;;;;+1;;+4/p-5. The fourth-order valence-electron chi connectivity index (χ4n) is 15.4. The van der Waals surface area contributed by atoms with E-state index in [1.54, 1.807) is 24.9 Å². The largest absolute Gasteiger partial charge is 1.00 e. The number of aryl methyl sites for hydroxylation is 18. The molecule has 0 heterocycles. The van der Waals surface area contributed by atoms with Gasteiger partial charge in [0.2, 0.25) is 0 Å². The summed E-state index contributed by atoms with van der Waals surface area (Å²) in [6.07, 6.45) is 6.75. The van der Waals surface area contributed by atoms with Gasteiger partial charge in [-0.05, 0) is 338 Å². The number of carbonyl (C=O) groups is 1. The van der Waals surface area contributed by atoms with Crippen LogP contribution in [0.15, 0.2) is 202 Å². The molecule has 0 aliphatic rings. The Morgan fingerprint density at radius 1 is 0.296 bits per heavy atom. The van der Waals surface area contributed by atoms with E-state index in [-0.39, 0.29) is 73.6 Å². The molecule has 0 aromatic heterocycles. The molecule has 19 heteroatoms. The molecular formula is C96H95Cl4K2N4NaO6Pt2. The number of carboxylic acids is 1. The second-order valence-electron chi connectivity index (χ2n) is 28.9. The summed E-state index contributed by atoms with van der Waals surface area (Å²) in [7, 11) is 20.0. The van der Waals surface area contributed by atoms with Gasteiger partial charge >= 0.3 is 142 Å². The van der Waals surface area contributed by atoms with Crippen LogP contribution in [-0.2, 0) is 37.8 Å². The Kier molecular flexibility index (Phi) is 38.5. The van der Waals surface area contributed by atoms with E-state index in [0.29, 0.717) is 45.0 Å². The predicted octanol–water partition coefficient (Wildman–Crippen LogP) is 22.5. The first-order valence-electron chi connectivity index (χ1n) is 37.2. The van der Waals surface area contributed by atoms with Crippen LogP contribution in [0.4, 0.5) is 22.7 Å². The number of carboxylic acid groups (broad SMARTS) is 1. The smallest absolute Gasteiger partial charge is 0 e. The average Bonchev–Trinajstić information content (AvgIpc) is 0.804. The first-order chi connectivity index (χ1) is 53.3. The molecule has 12 rings (SSSR count). The van der Waals surface area contributed by atoms with Crippen LogP contribution in [0.25, 0.3) is 66.8 Å². The number of aromatic hydroxyl groups is 4. The maximum Gasteiger partial charge on any atom is 1.00 e. The number of carbonyl (C=O) groups excluding carboxylic acids is 1. The fourth-order valence-corrected chi connectivity index (χ4v) is 15.4. The molecule has 0 fully saturated rings. The average molecular weight is 2030 g/mol. The number of rotatable bonds is 14. The molecule has 586 valence electrons. The van der Waals surface area contributed by atoms with E-state index >= 15 is 0 Å². The van der Waals surface area contributed by atoms with E-state index in [1.807, 2.05) is 97.1 Å². The van der Waals surface area contributed by atoms with Crippen LogP contribution in [0.3, 0.4) is 0 Å². The number of hydrogen-bond donors (Lipinski definition) is 4. The molecule has 4 N–H and O–H groups in total. The molecule has 10 nitrogen and oxygen atoms in total. The minimum absolute atomic E-state index is 0. The molecule has 0 bridgehead atoms. The van der Waals surface area contributed by atoms with Crippen molar-refractivity contribution in [2.75, 3.05) is 0 Å². The maximum atomic E-state index is 11.2. The van der Waals surface area contributed by atoms with Crippen molar-refractivity contribution in [3.05, 3.63) is 304 Å². The van der Waals surface area contributed by atoms with Gasteiger partial charge in [-0.3, -0.25) is 20.0 Å². The zero-order valence-electron chi connectivity index (χ0n) is 69.7. The molecule has 0 radical (unpaired) electrons. The monoisotopic (exact) mass is 2030 g/mol. The Morgan fingerprint density at radius 2 is 0.435 bits per heavy atom. The van der Waals surface area contributed by atoms with Crippen LogP contribution in [0.1, 0.15) is 129 Å². The second-order valence-corrected chi connectivity index (χ2v) is 48.6. The Balaban J connectivity index is 0.000000312. The van der Waals surface area contributed by atoms with Gasteiger partial charge in [-0.1, -0.05) is 143 Å². The summed E-state index contributed by atoms with van der Waals surface area (Å²) in [4.78, 5) is 28.4. The third-order valence-corrected chi connectivity index (χ3v) is 19.2. The summed E-state index contributed by atoms with van der Waals surface area (Å²) in [5.74, 6) is -0.447. The van der Waals surface area contributed by atoms with E-state index < -0.39 is 17.9 Å². The molecule has 0 spiro atoms. The number of aliphatic imine (C=N–C) groups is 4. The Morgan fingerprint density at radius 3 is 0.591 bits per heavy atom. The SMILES string of the molecule is CC(=O)[O-].Cc1cc(C)c(-c2ccc(C=Nc3ccc(-c4c(C)cc(C)cc4C)cc3N=Cc3ccc(-c4c(C)cc(C)cc4C)cc3O)c(O)c2)c(C)c1.Cc1cc(C)c(-c2ccc(C=Nc3ccc(-c4c(C)cc(C)cc4C)cc3N=Cc3ccc(-c4c(C)cc(C)cc4C)cc3O)c(O)c2)c(C)c1.[Cl][Pt]([Cl])([Cl])[Cl].[K][K].[Na+].[Pt]. The fraction of sp³-hybridized carbons (Fsp3) is 0.198. The van der Waals surface area contributed by atoms with Gasteiger partial charge in [0.05, 0.1) is 22.7 Å². The Bertz CT molecular complexity index is 5240. The Hall–Kier alpha value is -5.20. The van der Waals surface area contributed by atoms with Gasteiger partial charge in [-0.15, -0.1) is 0 Å². The van der Waals surface area contributed by atoms with Gasteiger partial charge in [0.15, 0.2) is 0 Å². The number of halogens is 4. The quantitative estimate of drug-likeness (QED) is 0.0624.